The molecule has 6 heteroatoms. The van der Waals surface area contributed by atoms with Gasteiger partial charge in [-0.3, -0.25) is 14.4 Å². The largest absolute Gasteiger partial charge is 0.462 e. The molecule has 0 aromatic rings. The van der Waals surface area contributed by atoms with Crippen LogP contribution in [0.4, 0.5) is 0 Å². The number of ether oxygens (including phenoxy) is 3. The standard InChI is InChI=1S/C25H36O6/c1-14(26)29-18-8-10-24(4)17(12-18)13-21(30-15(2)27)23-19-6-7-22(31-16(3)28)25(19,5)11-9-20(23)24/h13,18-23H,6-12H2,1-5H3/t18-,19?,20?,21-,22?,23?,24?,25?/m0/s1. The summed E-state index contributed by atoms with van der Waals surface area (Å²) in [6, 6.07) is 0. The van der Waals surface area contributed by atoms with Crippen molar-refractivity contribution in [2.45, 2.75) is 97.9 Å². The molecule has 4 aliphatic rings. The fourth-order valence-corrected chi connectivity index (χ4v) is 7.57. The number of hydrogen-bond acceptors (Lipinski definition) is 6. The van der Waals surface area contributed by atoms with Gasteiger partial charge in [0.1, 0.15) is 18.3 Å². The first kappa shape index (κ1) is 22.3. The minimum absolute atomic E-state index is 0.0266. The molecule has 4 rings (SSSR count). The van der Waals surface area contributed by atoms with Gasteiger partial charge in [0.15, 0.2) is 0 Å². The molecule has 0 amide bonds. The van der Waals surface area contributed by atoms with Gasteiger partial charge in [-0.05, 0) is 61.9 Å². The van der Waals surface area contributed by atoms with E-state index in [1.807, 2.05) is 0 Å². The maximum Gasteiger partial charge on any atom is 0.303 e. The lowest BCUT2D eigenvalue weighted by molar-refractivity contribution is -0.167. The van der Waals surface area contributed by atoms with E-state index in [4.69, 9.17) is 14.2 Å². The summed E-state index contributed by atoms with van der Waals surface area (Å²) in [5.74, 6) is 0.257. The van der Waals surface area contributed by atoms with Gasteiger partial charge in [-0.1, -0.05) is 19.4 Å². The van der Waals surface area contributed by atoms with E-state index in [0.29, 0.717) is 11.8 Å². The van der Waals surface area contributed by atoms with E-state index in [0.717, 1.165) is 44.9 Å². The lowest BCUT2D eigenvalue weighted by Crippen LogP contribution is -2.56. The van der Waals surface area contributed by atoms with Crippen LogP contribution in [0.25, 0.3) is 0 Å². The summed E-state index contributed by atoms with van der Waals surface area (Å²) in [4.78, 5) is 35.3. The second-order valence-electron chi connectivity index (χ2n) is 10.7. The van der Waals surface area contributed by atoms with Crippen molar-refractivity contribution in [2.75, 3.05) is 0 Å². The second kappa shape index (κ2) is 7.93. The Morgan fingerprint density at radius 2 is 1.52 bits per heavy atom. The fraction of sp³-hybridized carbons (Fsp3) is 0.800. The molecule has 0 heterocycles. The molecule has 0 radical (unpaired) electrons. The van der Waals surface area contributed by atoms with E-state index in [2.05, 4.69) is 19.9 Å². The molecule has 8 atom stereocenters. The molecule has 4 aliphatic carbocycles. The van der Waals surface area contributed by atoms with Gasteiger partial charge in [-0.2, -0.15) is 0 Å². The summed E-state index contributed by atoms with van der Waals surface area (Å²) in [6.45, 7) is 9.04. The van der Waals surface area contributed by atoms with Crippen molar-refractivity contribution in [1.82, 2.24) is 0 Å². The summed E-state index contributed by atoms with van der Waals surface area (Å²) in [6.07, 6.45) is 8.20. The predicted octanol–water partition coefficient (Wildman–Crippen LogP) is 4.35. The molecule has 0 N–H and O–H groups in total. The maximum absolute atomic E-state index is 12.0. The molecular formula is C25H36O6. The molecule has 0 aromatic carbocycles. The third kappa shape index (κ3) is 3.80. The molecule has 0 spiro atoms. The van der Waals surface area contributed by atoms with Crippen molar-refractivity contribution in [3.05, 3.63) is 11.6 Å². The summed E-state index contributed by atoms with van der Waals surface area (Å²) in [5, 5.41) is 0. The van der Waals surface area contributed by atoms with E-state index < -0.39 is 0 Å². The van der Waals surface area contributed by atoms with Crippen LogP contribution in [-0.2, 0) is 28.6 Å². The van der Waals surface area contributed by atoms with Gasteiger partial charge in [0.25, 0.3) is 0 Å². The average Bonchev–Trinajstić information content (AvgIpc) is 2.98. The van der Waals surface area contributed by atoms with Gasteiger partial charge in [0.2, 0.25) is 0 Å². The Labute approximate surface area is 185 Å². The van der Waals surface area contributed by atoms with Crippen molar-refractivity contribution >= 4 is 17.9 Å². The Morgan fingerprint density at radius 3 is 2.16 bits per heavy atom. The van der Waals surface area contributed by atoms with Gasteiger partial charge in [0, 0.05) is 38.5 Å². The third-order valence-electron chi connectivity index (χ3n) is 8.92. The van der Waals surface area contributed by atoms with Crippen LogP contribution in [0.1, 0.15) is 79.6 Å². The van der Waals surface area contributed by atoms with Crippen molar-refractivity contribution in [3.8, 4) is 0 Å². The van der Waals surface area contributed by atoms with Gasteiger partial charge in [-0.15, -0.1) is 0 Å². The zero-order valence-electron chi connectivity index (χ0n) is 19.4. The number of carbonyl (C=O) groups excluding carboxylic acids is 3. The van der Waals surface area contributed by atoms with Crippen LogP contribution in [-0.4, -0.2) is 36.2 Å². The predicted molar refractivity (Wildman–Crippen MR) is 114 cm³/mol. The van der Waals surface area contributed by atoms with Gasteiger partial charge >= 0.3 is 17.9 Å². The van der Waals surface area contributed by atoms with Crippen LogP contribution < -0.4 is 0 Å². The number of fused-ring (bicyclic) bond motifs is 5. The quantitative estimate of drug-likeness (QED) is 0.375. The molecule has 0 saturated heterocycles. The molecule has 6 unspecified atom stereocenters. The highest BCUT2D eigenvalue weighted by Gasteiger charge is 2.62. The Bertz CT molecular complexity index is 802. The minimum atomic E-state index is -0.276. The number of carbonyl (C=O) groups is 3. The van der Waals surface area contributed by atoms with Crippen LogP contribution in [0.15, 0.2) is 11.6 Å². The molecule has 3 saturated carbocycles. The van der Waals surface area contributed by atoms with E-state index in [9.17, 15) is 14.4 Å². The molecule has 0 bridgehead atoms. The summed E-state index contributed by atoms with van der Waals surface area (Å²) in [7, 11) is 0. The van der Waals surface area contributed by atoms with Gasteiger partial charge < -0.3 is 14.2 Å². The summed E-state index contributed by atoms with van der Waals surface area (Å²) >= 11 is 0. The van der Waals surface area contributed by atoms with Crippen molar-refractivity contribution in [1.29, 1.82) is 0 Å². The monoisotopic (exact) mass is 432 g/mol. The first-order valence-corrected chi connectivity index (χ1v) is 11.8. The van der Waals surface area contributed by atoms with Crippen molar-refractivity contribution < 1.29 is 28.6 Å². The Morgan fingerprint density at radius 1 is 0.839 bits per heavy atom. The van der Waals surface area contributed by atoms with E-state index >= 15 is 0 Å². The lowest BCUT2D eigenvalue weighted by atomic mass is 9.47. The zero-order valence-corrected chi connectivity index (χ0v) is 19.4. The lowest BCUT2D eigenvalue weighted by Gasteiger charge is -2.59. The zero-order chi connectivity index (χ0) is 22.6. The van der Waals surface area contributed by atoms with E-state index in [-0.39, 0.29) is 53.0 Å². The summed E-state index contributed by atoms with van der Waals surface area (Å²) in [5.41, 5.74) is 1.22. The number of esters is 3. The molecule has 0 aromatic heterocycles. The first-order chi connectivity index (χ1) is 14.5. The molecule has 172 valence electrons. The molecular weight excluding hydrogens is 396 g/mol. The maximum atomic E-state index is 12.0. The van der Waals surface area contributed by atoms with Crippen molar-refractivity contribution in [2.24, 2.45) is 28.6 Å². The first-order valence-electron chi connectivity index (χ1n) is 11.8. The molecule has 0 aliphatic heterocycles. The Balaban J connectivity index is 1.68. The van der Waals surface area contributed by atoms with E-state index in [1.165, 1.54) is 26.3 Å². The summed E-state index contributed by atoms with van der Waals surface area (Å²) < 4.78 is 17.2. The van der Waals surface area contributed by atoms with Gasteiger partial charge in [-0.25, -0.2) is 0 Å². The average molecular weight is 433 g/mol. The second-order valence-corrected chi connectivity index (χ2v) is 10.7. The van der Waals surface area contributed by atoms with Crippen LogP contribution in [0.5, 0.6) is 0 Å². The minimum Gasteiger partial charge on any atom is -0.462 e. The molecule has 3 fully saturated rings. The third-order valence-corrected chi connectivity index (χ3v) is 8.92. The Hall–Kier alpha value is -1.85. The van der Waals surface area contributed by atoms with Crippen molar-refractivity contribution in [3.63, 3.8) is 0 Å². The highest BCUT2D eigenvalue weighted by Crippen LogP contribution is 2.65. The Kier molecular flexibility index (Phi) is 5.72. The smallest absolute Gasteiger partial charge is 0.303 e. The topological polar surface area (TPSA) is 78.9 Å². The van der Waals surface area contributed by atoms with Crippen LogP contribution in [0.2, 0.25) is 0 Å². The van der Waals surface area contributed by atoms with E-state index in [1.54, 1.807) is 0 Å². The van der Waals surface area contributed by atoms with Crippen LogP contribution in [0.3, 0.4) is 0 Å². The van der Waals surface area contributed by atoms with Crippen LogP contribution >= 0.6 is 0 Å². The normalized spacial score (nSPS) is 43.6. The van der Waals surface area contributed by atoms with Gasteiger partial charge in [0.05, 0.1) is 0 Å². The fourth-order valence-electron chi connectivity index (χ4n) is 7.57. The SMILES string of the molecule is CC(=O)OC1CCC2C3C(CCC12C)C1(C)CC[C@H](OC(C)=O)CC1=C[C@@H]3OC(C)=O. The van der Waals surface area contributed by atoms with Crippen LogP contribution in [0, 0.1) is 28.6 Å². The highest BCUT2D eigenvalue weighted by molar-refractivity contribution is 5.67. The highest BCUT2D eigenvalue weighted by atomic mass is 16.6. The molecule has 31 heavy (non-hydrogen) atoms. The number of hydrogen-bond donors (Lipinski definition) is 0. The number of rotatable bonds is 3. The molecule has 6 nitrogen and oxygen atoms in total.